The van der Waals surface area contributed by atoms with Crippen molar-refractivity contribution in [2.45, 2.75) is 27.7 Å². The Balaban J connectivity index is 2.42. The van der Waals surface area contributed by atoms with E-state index in [1.807, 2.05) is 33.8 Å². The molecule has 0 aliphatic carbocycles. The van der Waals surface area contributed by atoms with E-state index >= 15 is 0 Å². The van der Waals surface area contributed by atoms with Gasteiger partial charge in [-0.3, -0.25) is 4.79 Å². The predicted molar refractivity (Wildman–Crippen MR) is 77.3 cm³/mol. The van der Waals surface area contributed by atoms with Gasteiger partial charge in [0.1, 0.15) is 17.5 Å². The first-order valence-electron chi connectivity index (χ1n) is 6.64. The summed E-state index contributed by atoms with van der Waals surface area (Å²) in [6, 6.07) is 1.86. The van der Waals surface area contributed by atoms with Gasteiger partial charge in [-0.2, -0.15) is 0 Å². The van der Waals surface area contributed by atoms with Gasteiger partial charge < -0.3 is 16.0 Å². The third-order valence-electron chi connectivity index (χ3n) is 2.45. The van der Waals surface area contributed by atoms with E-state index in [0.717, 1.165) is 18.2 Å². The third kappa shape index (κ3) is 5.54. The molecule has 1 aromatic heterocycles. The van der Waals surface area contributed by atoms with Crippen molar-refractivity contribution >= 4 is 17.5 Å². The van der Waals surface area contributed by atoms with Crippen LogP contribution in [0, 0.1) is 12.8 Å². The summed E-state index contributed by atoms with van der Waals surface area (Å²) < 4.78 is 0. The SMILES string of the molecule is CCNc1cc(NCCNC(=O)C(C)C)nc(C)n1. The Bertz CT molecular complexity index is 419. The van der Waals surface area contributed by atoms with Crippen LogP contribution in [0.2, 0.25) is 0 Å². The number of nitrogens with zero attached hydrogens (tertiary/aromatic N) is 2. The summed E-state index contributed by atoms with van der Waals surface area (Å²) in [5, 5.41) is 9.17. The normalized spacial score (nSPS) is 10.4. The first kappa shape index (κ1) is 15.2. The van der Waals surface area contributed by atoms with Crippen LogP contribution in [-0.2, 0) is 4.79 Å². The lowest BCUT2D eigenvalue weighted by atomic mass is 10.2. The minimum atomic E-state index is 0.0154. The zero-order valence-corrected chi connectivity index (χ0v) is 12.1. The number of hydrogen-bond acceptors (Lipinski definition) is 5. The molecule has 19 heavy (non-hydrogen) atoms. The molecule has 0 unspecified atom stereocenters. The summed E-state index contributed by atoms with van der Waals surface area (Å²) in [6.45, 7) is 9.66. The number of rotatable bonds is 7. The lowest BCUT2D eigenvalue weighted by molar-refractivity contribution is -0.123. The van der Waals surface area contributed by atoms with E-state index < -0.39 is 0 Å². The maximum absolute atomic E-state index is 11.4. The Hall–Kier alpha value is -1.85. The fraction of sp³-hybridized carbons (Fsp3) is 0.615. The molecule has 0 saturated heterocycles. The quantitative estimate of drug-likeness (QED) is 0.649. The Morgan fingerprint density at radius 3 is 2.42 bits per heavy atom. The molecule has 0 atom stereocenters. The lowest BCUT2D eigenvalue weighted by Crippen LogP contribution is -2.32. The van der Waals surface area contributed by atoms with Crippen molar-refractivity contribution in [1.82, 2.24) is 15.3 Å². The number of carbonyl (C=O) groups excluding carboxylic acids is 1. The second-order valence-corrected chi connectivity index (χ2v) is 4.59. The summed E-state index contributed by atoms with van der Waals surface area (Å²) >= 11 is 0. The fourth-order valence-electron chi connectivity index (χ4n) is 1.51. The second-order valence-electron chi connectivity index (χ2n) is 4.59. The molecule has 0 aromatic carbocycles. The van der Waals surface area contributed by atoms with Crippen molar-refractivity contribution in [3.63, 3.8) is 0 Å². The Kier molecular flexibility index (Phi) is 6.05. The predicted octanol–water partition coefficient (Wildman–Crippen LogP) is 1.40. The third-order valence-corrected chi connectivity index (χ3v) is 2.45. The largest absolute Gasteiger partial charge is 0.370 e. The van der Waals surface area contributed by atoms with Crippen LogP contribution in [-0.4, -0.2) is 35.5 Å². The van der Waals surface area contributed by atoms with E-state index in [4.69, 9.17) is 0 Å². The van der Waals surface area contributed by atoms with Crippen molar-refractivity contribution in [3.05, 3.63) is 11.9 Å². The zero-order valence-electron chi connectivity index (χ0n) is 12.1. The number of carbonyl (C=O) groups is 1. The molecular weight excluding hydrogens is 242 g/mol. The molecule has 0 spiro atoms. The molecular formula is C13H23N5O. The summed E-state index contributed by atoms with van der Waals surface area (Å²) in [7, 11) is 0. The van der Waals surface area contributed by atoms with Crippen LogP contribution in [0.3, 0.4) is 0 Å². The molecule has 0 radical (unpaired) electrons. The van der Waals surface area contributed by atoms with Gasteiger partial charge in [0.25, 0.3) is 0 Å². The molecule has 0 fully saturated rings. The zero-order chi connectivity index (χ0) is 14.3. The van der Waals surface area contributed by atoms with Crippen LogP contribution in [0.25, 0.3) is 0 Å². The number of nitrogens with one attached hydrogen (secondary N) is 3. The van der Waals surface area contributed by atoms with Crippen LogP contribution >= 0.6 is 0 Å². The minimum absolute atomic E-state index is 0.0154. The molecule has 0 saturated carbocycles. The lowest BCUT2D eigenvalue weighted by Gasteiger charge is -2.10. The number of aryl methyl sites for hydroxylation is 1. The van der Waals surface area contributed by atoms with Crippen molar-refractivity contribution in [1.29, 1.82) is 0 Å². The molecule has 106 valence electrons. The summed E-state index contributed by atoms with van der Waals surface area (Å²) in [5.74, 6) is 2.37. The van der Waals surface area contributed by atoms with Gasteiger partial charge in [0.15, 0.2) is 0 Å². The van der Waals surface area contributed by atoms with Gasteiger partial charge in [-0.05, 0) is 13.8 Å². The number of anilines is 2. The highest BCUT2D eigenvalue weighted by molar-refractivity contribution is 5.77. The van der Waals surface area contributed by atoms with Crippen LogP contribution in [0.1, 0.15) is 26.6 Å². The molecule has 0 bridgehead atoms. The van der Waals surface area contributed by atoms with Gasteiger partial charge in [0, 0.05) is 31.6 Å². The van der Waals surface area contributed by atoms with E-state index in [2.05, 4.69) is 25.9 Å². The first-order chi connectivity index (χ1) is 9.02. The van der Waals surface area contributed by atoms with Gasteiger partial charge in [0.05, 0.1) is 0 Å². The molecule has 0 aliphatic rings. The minimum Gasteiger partial charge on any atom is -0.370 e. The highest BCUT2D eigenvalue weighted by Gasteiger charge is 2.05. The van der Waals surface area contributed by atoms with E-state index in [1.54, 1.807) is 0 Å². The molecule has 1 heterocycles. The average Bonchev–Trinajstić information content (AvgIpc) is 2.34. The Morgan fingerprint density at radius 1 is 1.21 bits per heavy atom. The van der Waals surface area contributed by atoms with Crippen molar-refractivity contribution < 1.29 is 4.79 Å². The topological polar surface area (TPSA) is 78.9 Å². The molecule has 6 heteroatoms. The smallest absolute Gasteiger partial charge is 0.222 e. The van der Waals surface area contributed by atoms with Gasteiger partial charge >= 0.3 is 0 Å². The Labute approximate surface area is 114 Å². The van der Waals surface area contributed by atoms with Crippen molar-refractivity contribution in [3.8, 4) is 0 Å². The molecule has 0 aliphatic heterocycles. The van der Waals surface area contributed by atoms with E-state index in [-0.39, 0.29) is 11.8 Å². The molecule has 6 nitrogen and oxygen atoms in total. The maximum Gasteiger partial charge on any atom is 0.222 e. The molecule has 1 amide bonds. The van der Waals surface area contributed by atoms with E-state index in [9.17, 15) is 4.79 Å². The standard InChI is InChI=1S/C13H23N5O/c1-5-14-11-8-12(18-10(4)17-11)15-6-7-16-13(19)9(2)3/h8-9H,5-7H2,1-4H3,(H,16,19)(H2,14,15,17,18). The van der Waals surface area contributed by atoms with Crippen molar-refractivity contribution in [2.24, 2.45) is 5.92 Å². The van der Waals surface area contributed by atoms with Crippen LogP contribution in [0.15, 0.2) is 6.07 Å². The summed E-state index contributed by atoms with van der Waals surface area (Å²) in [5.41, 5.74) is 0. The van der Waals surface area contributed by atoms with Crippen LogP contribution < -0.4 is 16.0 Å². The number of aromatic nitrogens is 2. The highest BCUT2D eigenvalue weighted by atomic mass is 16.1. The van der Waals surface area contributed by atoms with Gasteiger partial charge in [-0.25, -0.2) is 9.97 Å². The van der Waals surface area contributed by atoms with E-state index in [0.29, 0.717) is 18.9 Å². The van der Waals surface area contributed by atoms with Crippen LogP contribution in [0.4, 0.5) is 11.6 Å². The van der Waals surface area contributed by atoms with E-state index in [1.165, 1.54) is 0 Å². The van der Waals surface area contributed by atoms with Gasteiger partial charge in [-0.1, -0.05) is 13.8 Å². The molecule has 3 N–H and O–H groups in total. The fourth-order valence-corrected chi connectivity index (χ4v) is 1.51. The van der Waals surface area contributed by atoms with Gasteiger partial charge in [0.2, 0.25) is 5.91 Å². The highest BCUT2D eigenvalue weighted by Crippen LogP contribution is 2.10. The van der Waals surface area contributed by atoms with Crippen LogP contribution in [0.5, 0.6) is 0 Å². The molecule has 1 rings (SSSR count). The summed E-state index contributed by atoms with van der Waals surface area (Å²) in [4.78, 5) is 19.9. The van der Waals surface area contributed by atoms with Gasteiger partial charge in [-0.15, -0.1) is 0 Å². The number of hydrogen-bond donors (Lipinski definition) is 3. The number of amides is 1. The average molecular weight is 265 g/mol. The second kappa shape index (κ2) is 7.56. The monoisotopic (exact) mass is 265 g/mol. The summed E-state index contributed by atoms with van der Waals surface area (Å²) in [6.07, 6.45) is 0. The Morgan fingerprint density at radius 2 is 1.84 bits per heavy atom. The maximum atomic E-state index is 11.4. The molecule has 1 aromatic rings. The first-order valence-corrected chi connectivity index (χ1v) is 6.64. The van der Waals surface area contributed by atoms with Crippen molar-refractivity contribution in [2.75, 3.05) is 30.3 Å².